The van der Waals surface area contributed by atoms with Gasteiger partial charge in [-0.1, -0.05) is 12.8 Å². The number of carbonyl (C=O) groups excluding carboxylic acids is 2. The first-order valence-electron chi connectivity index (χ1n) is 8.91. The number of carbonyl (C=O) groups is 4. The molecule has 0 amide bonds. The fraction of sp³-hybridized carbons (Fsp3) is 0.667. The van der Waals surface area contributed by atoms with E-state index in [1.165, 1.54) is 0 Å². The highest BCUT2D eigenvalue weighted by atomic mass is 16.6. The molecule has 0 radical (unpaired) electrons. The summed E-state index contributed by atoms with van der Waals surface area (Å²) in [6.07, 6.45) is 6.85. The molecule has 0 aromatic carbocycles. The van der Waals surface area contributed by atoms with Gasteiger partial charge >= 0.3 is 23.9 Å². The summed E-state index contributed by atoms with van der Waals surface area (Å²) in [7, 11) is 0. The van der Waals surface area contributed by atoms with Gasteiger partial charge in [-0.2, -0.15) is 0 Å². The van der Waals surface area contributed by atoms with Crippen molar-refractivity contribution in [2.45, 2.75) is 75.4 Å². The Morgan fingerprint density at radius 2 is 0.923 bits per heavy atom. The molecule has 0 aliphatic heterocycles. The Kier molecular flexibility index (Phi) is 6.39. The van der Waals surface area contributed by atoms with E-state index in [0.29, 0.717) is 25.7 Å². The van der Waals surface area contributed by atoms with Crippen LogP contribution in [0, 0.1) is 0 Å². The lowest BCUT2D eigenvalue weighted by atomic mass is 9.84. The van der Waals surface area contributed by atoms with Crippen LogP contribution in [0.3, 0.4) is 0 Å². The second-order valence-electron chi connectivity index (χ2n) is 6.90. The maximum atomic E-state index is 11.9. The third-order valence-electron chi connectivity index (χ3n) is 5.05. The molecular formula is C18H24O8. The molecule has 2 saturated carbocycles. The highest BCUT2D eigenvalue weighted by Crippen LogP contribution is 2.33. The van der Waals surface area contributed by atoms with Gasteiger partial charge in [0.25, 0.3) is 0 Å². The van der Waals surface area contributed by atoms with Crippen LogP contribution in [0.15, 0.2) is 12.2 Å². The van der Waals surface area contributed by atoms with Crippen LogP contribution in [0.1, 0.15) is 64.2 Å². The summed E-state index contributed by atoms with van der Waals surface area (Å²) in [5, 5.41) is 18.7. The van der Waals surface area contributed by atoms with Crippen molar-refractivity contribution >= 4 is 23.9 Å². The van der Waals surface area contributed by atoms with Crippen LogP contribution in [-0.2, 0) is 28.7 Å². The van der Waals surface area contributed by atoms with Crippen LogP contribution in [0.5, 0.6) is 0 Å². The van der Waals surface area contributed by atoms with E-state index >= 15 is 0 Å². The number of hydrogen-bond acceptors (Lipinski definition) is 6. The summed E-state index contributed by atoms with van der Waals surface area (Å²) in [5.74, 6) is -4.32. The van der Waals surface area contributed by atoms with Gasteiger partial charge in [0.1, 0.15) is 0 Å². The molecule has 2 N–H and O–H groups in total. The predicted octanol–water partition coefficient (Wildman–Crippen LogP) is 2.20. The second-order valence-corrected chi connectivity index (χ2v) is 6.90. The molecule has 0 aromatic heterocycles. The summed E-state index contributed by atoms with van der Waals surface area (Å²) in [6.45, 7) is 0. The van der Waals surface area contributed by atoms with Crippen LogP contribution < -0.4 is 0 Å². The number of rotatable bonds is 6. The van der Waals surface area contributed by atoms with E-state index in [2.05, 4.69) is 0 Å². The molecule has 0 bridgehead atoms. The molecule has 0 unspecified atom stereocenters. The average molecular weight is 368 g/mol. The van der Waals surface area contributed by atoms with E-state index in [9.17, 15) is 29.4 Å². The molecule has 8 heteroatoms. The molecule has 2 fully saturated rings. The van der Waals surface area contributed by atoms with Crippen molar-refractivity contribution in [3.8, 4) is 0 Å². The summed E-state index contributed by atoms with van der Waals surface area (Å²) < 4.78 is 10.2. The number of esters is 2. The van der Waals surface area contributed by atoms with Gasteiger partial charge < -0.3 is 19.7 Å². The van der Waals surface area contributed by atoms with Gasteiger partial charge in [-0.05, 0) is 51.4 Å². The van der Waals surface area contributed by atoms with E-state index in [0.717, 1.165) is 25.0 Å². The van der Waals surface area contributed by atoms with Gasteiger partial charge in [0, 0.05) is 12.2 Å². The molecule has 2 aliphatic carbocycles. The molecular weight excluding hydrogens is 344 g/mol. The Morgan fingerprint density at radius 3 is 1.19 bits per heavy atom. The first-order chi connectivity index (χ1) is 12.3. The lowest BCUT2D eigenvalue weighted by Crippen LogP contribution is -2.45. The molecule has 0 spiro atoms. The number of hydrogen-bond donors (Lipinski definition) is 2. The molecule has 2 aliphatic rings. The summed E-state index contributed by atoms with van der Waals surface area (Å²) in [6, 6.07) is 0. The lowest BCUT2D eigenvalue weighted by molar-refractivity contribution is -0.180. The van der Waals surface area contributed by atoms with E-state index < -0.39 is 35.1 Å². The van der Waals surface area contributed by atoms with Crippen molar-refractivity contribution in [2.24, 2.45) is 0 Å². The van der Waals surface area contributed by atoms with Gasteiger partial charge in [0.2, 0.25) is 11.2 Å². The van der Waals surface area contributed by atoms with E-state index in [1.807, 2.05) is 0 Å². The maximum Gasteiger partial charge on any atom is 0.348 e. The van der Waals surface area contributed by atoms with E-state index in [1.54, 1.807) is 0 Å². The molecule has 8 nitrogen and oxygen atoms in total. The Bertz CT molecular complexity index is 542. The molecule has 0 aromatic rings. The smallest absolute Gasteiger partial charge is 0.348 e. The number of ether oxygens (including phenoxy) is 2. The third kappa shape index (κ3) is 4.62. The Hall–Kier alpha value is -2.38. The van der Waals surface area contributed by atoms with Crippen molar-refractivity contribution < 1.29 is 38.9 Å². The van der Waals surface area contributed by atoms with Crippen molar-refractivity contribution in [2.75, 3.05) is 0 Å². The standard InChI is InChI=1S/C18H24O8/c19-13(25-17(15(21)22)9-3-1-4-10-17)7-8-14(20)26-18(16(23)24)11-5-2-6-12-18/h7-8H,1-6,9-12H2,(H,21,22)(H,23,24)/b8-7+. The van der Waals surface area contributed by atoms with Crippen molar-refractivity contribution in [3.63, 3.8) is 0 Å². The zero-order valence-corrected chi connectivity index (χ0v) is 14.6. The zero-order chi connectivity index (χ0) is 19.2. The van der Waals surface area contributed by atoms with Crippen molar-refractivity contribution in [1.82, 2.24) is 0 Å². The van der Waals surface area contributed by atoms with E-state index in [-0.39, 0.29) is 25.7 Å². The summed E-state index contributed by atoms with van der Waals surface area (Å²) >= 11 is 0. The number of aliphatic carboxylic acids is 2. The molecule has 0 saturated heterocycles. The van der Waals surface area contributed by atoms with Crippen LogP contribution >= 0.6 is 0 Å². The first-order valence-corrected chi connectivity index (χ1v) is 8.91. The predicted molar refractivity (Wildman–Crippen MR) is 88.2 cm³/mol. The largest absolute Gasteiger partial charge is 0.478 e. The topological polar surface area (TPSA) is 127 Å². The Morgan fingerprint density at radius 1 is 0.615 bits per heavy atom. The molecule has 26 heavy (non-hydrogen) atoms. The minimum Gasteiger partial charge on any atom is -0.478 e. The average Bonchev–Trinajstić information content (AvgIpc) is 2.61. The first kappa shape index (κ1) is 19.9. The van der Waals surface area contributed by atoms with Crippen LogP contribution in [0.2, 0.25) is 0 Å². The second kappa shape index (κ2) is 8.33. The SMILES string of the molecule is O=C(/C=C/C(=O)OC1(C(=O)O)CCCCC1)OC1(C(=O)O)CCCCC1. The van der Waals surface area contributed by atoms with Crippen molar-refractivity contribution in [1.29, 1.82) is 0 Å². The number of carboxylic acids is 2. The summed E-state index contributed by atoms with van der Waals surface area (Å²) in [5.41, 5.74) is -3.12. The van der Waals surface area contributed by atoms with Gasteiger partial charge in [0.15, 0.2) is 0 Å². The minimum absolute atomic E-state index is 0.231. The van der Waals surface area contributed by atoms with Gasteiger partial charge in [-0.3, -0.25) is 0 Å². The van der Waals surface area contributed by atoms with Crippen molar-refractivity contribution in [3.05, 3.63) is 12.2 Å². The highest BCUT2D eigenvalue weighted by molar-refractivity contribution is 5.94. The summed E-state index contributed by atoms with van der Waals surface area (Å²) in [4.78, 5) is 46.8. The quantitative estimate of drug-likeness (QED) is 0.539. The van der Waals surface area contributed by atoms with Gasteiger partial charge in [-0.25, -0.2) is 19.2 Å². The maximum absolute atomic E-state index is 11.9. The third-order valence-corrected chi connectivity index (χ3v) is 5.05. The molecule has 2 rings (SSSR count). The lowest BCUT2D eigenvalue weighted by Gasteiger charge is -2.32. The fourth-order valence-corrected chi connectivity index (χ4v) is 3.55. The monoisotopic (exact) mass is 368 g/mol. The van der Waals surface area contributed by atoms with Gasteiger partial charge in [0.05, 0.1) is 0 Å². The fourth-order valence-electron chi connectivity index (χ4n) is 3.55. The Labute approximate surface area is 151 Å². The van der Waals surface area contributed by atoms with Crippen LogP contribution in [-0.4, -0.2) is 45.3 Å². The van der Waals surface area contributed by atoms with Crippen LogP contribution in [0.4, 0.5) is 0 Å². The molecule has 144 valence electrons. The molecule has 0 heterocycles. The molecule has 0 atom stereocenters. The number of carboxylic acid groups (broad SMARTS) is 2. The van der Waals surface area contributed by atoms with Crippen LogP contribution in [0.25, 0.3) is 0 Å². The Balaban J connectivity index is 1.97. The highest BCUT2D eigenvalue weighted by Gasteiger charge is 2.44. The minimum atomic E-state index is -1.56. The van der Waals surface area contributed by atoms with E-state index in [4.69, 9.17) is 9.47 Å². The van der Waals surface area contributed by atoms with Gasteiger partial charge in [-0.15, -0.1) is 0 Å². The zero-order valence-electron chi connectivity index (χ0n) is 14.6. The normalized spacial score (nSPS) is 21.7.